The fraction of sp³-hybridized carbons (Fsp3) is 0.500. The van der Waals surface area contributed by atoms with Crippen LogP contribution >= 0.6 is 0 Å². The SMILES string of the molecule is CCNCCNC(=O)c1ccccc1S(=O)(=O)C(C)C. The van der Waals surface area contributed by atoms with Crippen LogP contribution in [0, 0.1) is 0 Å². The van der Waals surface area contributed by atoms with Gasteiger partial charge in [-0.15, -0.1) is 0 Å². The van der Waals surface area contributed by atoms with E-state index in [1.54, 1.807) is 26.0 Å². The third kappa shape index (κ3) is 4.05. The number of likely N-dealkylation sites (N-methyl/N-ethyl adjacent to an activating group) is 1. The molecule has 2 N–H and O–H groups in total. The lowest BCUT2D eigenvalue weighted by Crippen LogP contribution is -2.32. The Bertz CT molecular complexity index is 553. The van der Waals surface area contributed by atoms with E-state index in [9.17, 15) is 13.2 Å². The molecule has 6 heteroatoms. The van der Waals surface area contributed by atoms with Crippen molar-refractivity contribution in [2.45, 2.75) is 30.9 Å². The Balaban J connectivity index is 2.94. The topological polar surface area (TPSA) is 75.3 Å². The van der Waals surface area contributed by atoms with Crippen LogP contribution in [0.15, 0.2) is 29.2 Å². The molecule has 0 aromatic heterocycles. The summed E-state index contributed by atoms with van der Waals surface area (Å²) in [6.07, 6.45) is 0. The zero-order valence-corrected chi connectivity index (χ0v) is 13.0. The number of hydrogen-bond donors (Lipinski definition) is 2. The van der Waals surface area contributed by atoms with Gasteiger partial charge in [-0.1, -0.05) is 19.1 Å². The van der Waals surface area contributed by atoms with Gasteiger partial charge in [-0.25, -0.2) is 8.42 Å². The van der Waals surface area contributed by atoms with Crippen molar-refractivity contribution in [3.05, 3.63) is 29.8 Å². The van der Waals surface area contributed by atoms with Crippen LogP contribution in [0.2, 0.25) is 0 Å². The number of hydrogen-bond acceptors (Lipinski definition) is 4. The molecule has 0 bridgehead atoms. The fourth-order valence-corrected chi connectivity index (χ4v) is 2.94. The van der Waals surface area contributed by atoms with Crippen LogP contribution in [0.25, 0.3) is 0 Å². The maximum absolute atomic E-state index is 12.2. The highest BCUT2D eigenvalue weighted by Crippen LogP contribution is 2.20. The van der Waals surface area contributed by atoms with Crippen molar-refractivity contribution in [2.75, 3.05) is 19.6 Å². The molecule has 0 aliphatic carbocycles. The lowest BCUT2D eigenvalue weighted by molar-refractivity contribution is 0.0950. The van der Waals surface area contributed by atoms with E-state index >= 15 is 0 Å². The smallest absolute Gasteiger partial charge is 0.252 e. The molecule has 1 amide bonds. The Morgan fingerprint density at radius 2 is 1.85 bits per heavy atom. The molecule has 1 aromatic rings. The number of rotatable bonds is 7. The van der Waals surface area contributed by atoms with Gasteiger partial charge in [-0.05, 0) is 32.5 Å². The van der Waals surface area contributed by atoms with Crippen molar-refractivity contribution < 1.29 is 13.2 Å². The summed E-state index contributed by atoms with van der Waals surface area (Å²) in [6, 6.07) is 6.32. The molecule has 0 unspecified atom stereocenters. The number of sulfone groups is 1. The standard InChI is InChI=1S/C14H22N2O3S/c1-4-15-9-10-16-14(17)12-7-5-6-8-13(12)20(18,19)11(2)3/h5-8,11,15H,4,9-10H2,1-3H3,(H,16,17). The van der Waals surface area contributed by atoms with E-state index < -0.39 is 15.1 Å². The molecule has 0 aliphatic rings. The third-order valence-corrected chi connectivity index (χ3v) is 5.11. The Kier molecular flexibility index (Phi) is 6.16. The molecule has 0 aliphatic heterocycles. The molecular formula is C14H22N2O3S. The minimum Gasteiger partial charge on any atom is -0.351 e. The lowest BCUT2D eigenvalue weighted by Gasteiger charge is -2.13. The molecule has 1 aromatic carbocycles. The van der Waals surface area contributed by atoms with Gasteiger partial charge in [0.1, 0.15) is 0 Å². The van der Waals surface area contributed by atoms with E-state index in [0.717, 1.165) is 6.54 Å². The number of nitrogens with one attached hydrogen (secondary N) is 2. The molecule has 0 saturated carbocycles. The summed E-state index contributed by atoms with van der Waals surface area (Å²) >= 11 is 0. The molecule has 0 saturated heterocycles. The van der Waals surface area contributed by atoms with Crippen LogP contribution in [0.3, 0.4) is 0 Å². The normalized spacial score (nSPS) is 11.6. The van der Waals surface area contributed by atoms with Gasteiger partial charge in [-0.3, -0.25) is 4.79 Å². The lowest BCUT2D eigenvalue weighted by atomic mass is 10.2. The highest BCUT2D eigenvalue weighted by atomic mass is 32.2. The molecule has 1 rings (SSSR count). The van der Waals surface area contributed by atoms with Crippen LogP contribution in [0.5, 0.6) is 0 Å². The Labute approximate surface area is 120 Å². The number of carbonyl (C=O) groups is 1. The molecule has 0 atom stereocenters. The molecular weight excluding hydrogens is 276 g/mol. The first-order valence-electron chi connectivity index (χ1n) is 6.73. The Hall–Kier alpha value is -1.40. The van der Waals surface area contributed by atoms with Crippen LogP contribution in [0.1, 0.15) is 31.1 Å². The fourth-order valence-electron chi connectivity index (χ4n) is 1.69. The largest absolute Gasteiger partial charge is 0.351 e. The van der Waals surface area contributed by atoms with Gasteiger partial charge in [-0.2, -0.15) is 0 Å². The molecule has 5 nitrogen and oxygen atoms in total. The van der Waals surface area contributed by atoms with Gasteiger partial charge in [0.25, 0.3) is 5.91 Å². The van der Waals surface area contributed by atoms with Gasteiger partial charge < -0.3 is 10.6 Å². The second-order valence-corrected chi connectivity index (χ2v) is 7.17. The highest BCUT2D eigenvalue weighted by molar-refractivity contribution is 7.92. The number of benzene rings is 1. The van der Waals surface area contributed by atoms with E-state index in [0.29, 0.717) is 13.1 Å². The average Bonchev–Trinajstić information content (AvgIpc) is 2.43. The van der Waals surface area contributed by atoms with Crippen molar-refractivity contribution in [1.82, 2.24) is 10.6 Å². The first-order chi connectivity index (χ1) is 9.41. The van der Waals surface area contributed by atoms with Crippen molar-refractivity contribution in [2.24, 2.45) is 0 Å². The van der Waals surface area contributed by atoms with E-state index in [4.69, 9.17) is 0 Å². The van der Waals surface area contributed by atoms with Gasteiger partial charge in [0.15, 0.2) is 9.84 Å². The zero-order chi connectivity index (χ0) is 15.2. The number of carbonyl (C=O) groups excluding carboxylic acids is 1. The van der Waals surface area contributed by atoms with Gasteiger partial charge in [0, 0.05) is 13.1 Å². The summed E-state index contributed by atoms with van der Waals surface area (Å²) in [5, 5.41) is 5.25. The second-order valence-electron chi connectivity index (χ2n) is 4.70. The Morgan fingerprint density at radius 1 is 1.20 bits per heavy atom. The van der Waals surface area contributed by atoms with Crippen LogP contribution in [0.4, 0.5) is 0 Å². The average molecular weight is 298 g/mol. The summed E-state index contributed by atoms with van der Waals surface area (Å²) in [6.45, 7) is 7.13. The first-order valence-corrected chi connectivity index (χ1v) is 8.27. The number of amides is 1. The minimum atomic E-state index is -3.46. The van der Waals surface area contributed by atoms with Crippen molar-refractivity contribution in [3.8, 4) is 0 Å². The van der Waals surface area contributed by atoms with Gasteiger partial charge >= 0.3 is 0 Å². The molecule has 0 spiro atoms. The predicted molar refractivity (Wildman–Crippen MR) is 79.6 cm³/mol. The van der Waals surface area contributed by atoms with E-state index in [1.807, 2.05) is 6.92 Å². The second kappa shape index (κ2) is 7.40. The van der Waals surface area contributed by atoms with E-state index in [2.05, 4.69) is 10.6 Å². The van der Waals surface area contributed by atoms with Crippen molar-refractivity contribution in [3.63, 3.8) is 0 Å². The Morgan fingerprint density at radius 3 is 2.45 bits per heavy atom. The minimum absolute atomic E-state index is 0.0935. The van der Waals surface area contributed by atoms with Crippen molar-refractivity contribution >= 4 is 15.7 Å². The summed E-state index contributed by atoms with van der Waals surface area (Å²) in [5.74, 6) is -0.359. The zero-order valence-electron chi connectivity index (χ0n) is 12.1. The first kappa shape index (κ1) is 16.7. The summed E-state index contributed by atoms with van der Waals surface area (Å²) < 4.78 is 24.5. The van der Waals surface area contributed by atoms with Crippen LogP contribution < -0.4 is 10.6 Å². The van der Waals surface area contributed by atoms with E-state index in [-0.39, 0.29) is 16.4 Å². The summed E-state index contributed by atoms with van der Waals surface area (Å²) in [7, 11) is -3.46. The monoisotopic (exact) mass is 298 g/mol. The molecule has 20 heavy (non-hydrogen) atoms. The predicted octanol–water partition coefficient (Wildman–Crippen LogP) is 1.21. The third-order valence-electron chi connectivity index (χ3n) is 2.90. The van der Waals surface area contributed by atoms with E-state index in [1.165, 1.54) is 12.1 Å². The van der Waals surface area contributed by atoms with Crippen LogP contribution in [-0.4, -0.2) is 39.2 Å². The van der Waals surface area contributed by atoms with Gasteiger partial charge in [0.2, 0.25) is 0 Å². The van der Waals surface area contributed by atoms with Crippen LogP contribution in [-0.2, 0) is 9.84 Å². The maximum atomic E-state index is 12.2. The molecule has 0 heterocycles. The molecule has 112 valence electrons. The molecule has 0 fully saturated rings. The highest BCUT2D eigenvalue weighted by Gasteiger charge is 2.24. The summed E-state index contributed by atoms with van der Waals surface area (Å²) in [4.78, 5) is 12.2. The van der Waals surface area contributed by atoms with Crippen molar-refractivity contribution in [1.29, 1.82) is 0 Å². The maximum Gasteiger partial charge on any atom is 0.252 e. The van der Waals surface area contributed by atoms with Gasteiger partial charge in [0.05, 0.1) is 15.7 Å². The molecule has 0 radical (unpaired) electrons. The quantitative estimate of drug-likeness (QED) is 0.742. The summed E-state index contributed by atoms with van der Waals surface area (Å²) in [5.41, 5.74) is 0.206.